The van der Waals surface area contributed by atoms with Gasteiger partial charge in [-0.1, -0.05) is 0 Å². The molecular formula is C11H17BrN4O. The van der Waals surface area contributed by atoms with E-state index in [1.165, 1.54) is 12.8 Å². The summed E-state index contributed by atoms with van der Waals surface area (Å²) in [6.07, 6.45) is 5.87. The van der Waals surface area contributed by atoms with Gasteiger partial charge >= 0.3 is 0 Å². The normalized spacial score (nSPS) is 20.2. The van der Waals surface area contributed by atoms with Crippen LogP contribution in [0.5, 0.6) is 0 Å². The predicted molar refractivity (Wildman–Crippen MR) is 68.5 cm³/mol. The Balaban J connectivity index is 1.70. The van der Waals surface area contributed by atoms with Gasteiger partial charge in [0.1, 0.15) is 6.54 Å². The molecule has 0 aliphatic carbocycles. The van der Waals surface area contributed by atoms with Gasteiger partial charge in [-0.15, -0.1) is 0 Å². The summed E-state index contributed by atoms with van der Waals surface area (Å²) < 4.78 is 2.51. The number of nitrogens with one attached hydrogen (secondary N) is 2. The van der Waals surface area contributed by atoms with Crippen molar-refractivity contribution in [1.29, 1.82) is 0 Å². The summed E-state index contributed by atoms with van der Waals surface area (Å²) in [4.78, 5) is 11.7. The molecule has 17 heavy (non-hydrogen) atoms. The van der Waals surface area contributed by atoms with Gasteiger partial charge in [-0.2, -0.15) is 5.10 Å². The molecule has 1 aromatic heterocycles. The van der Waals surface area contributed by atoms with E-state index in [1.807, 2.05) is 0 Å². The van der Waals surface area contributed by atoms with Crippen LogP contribution in [0.4, 0.5) is 0 Å². The Morgan fingerprint density at radius 2 is 2.59 bits per heavy atom. The van der Waals surface area contributed by atoms with Crippen molar-refractivity contribution in [3.05, 3.63) is 16.9 Å². The standard InChI is InChI=1S/C11H17BrN4O/c12-10-6-15-16(7-10)8-11(17)14-5-9-2-1-3-13-4-9/h6-7,9,13H,1-5,8H2,(H,14,17). The van der Waals surface area contributed by atoms with Gasteiger partial charge in [0, 0.05) is 12.7 Å². The molecule has 0 radical (unpaired) electrons. The molecule has 2 heterocycles. The van der Waals surface area contributed by atoms with Crippen molar-refractivity contribution in [3.8, 4) is 0 Å². The maximum atomic E-state index is 11.7. The fraction of sp³-hybridized carbons (Fsp3) is 0.636. The Morgan fingerprint density at radius 1 is 1.71 bits per heavy atom. The second-order valence-corrected chi connectivity index (χ2v) is 5.29. The fourth-order valence-electron chi connectivity index (χ4n) is 1.98. The summed E-state index contributed by atoms with van der Waals surface area (Å²) in [6.45, 7) is 3.15. The number of hydrogen-bond donors (Lipinski definition) is 2. The van der Waals surface area contributed by atoms with E-state index in [1.54, 1.807) is 17.1 Å². The first-order chi connectivity index (χ1) is 8.24. The van der Waals surface area contributed by atoms with Crippen molar-refractivity contribution in [3.63, 3.8) is 0 Å². The number of carbonyl (C=O) groups is 1. The highest BCUT2D eigenvalue weighted by Crippen LogP contribution is 2.08. The zero-order chi connectivity index (χ0) is 12.1. The lowest BCUT2D eigenvalue weighted by Gasteiger charge is -2.22. The van der Waals surface area contributed by atoms with Gasteiger partial charge in [0.15, 0.2) is 0 Å². The van der Waals surface area contributed by atoms with Gasteiger partial charge < -0.3 is 10.6 Å². The summed E-state index contributed by atoms with van der Waals surface area (Å²) in [6, 6.07) is 0. The van der Waals surface area contributed by atoms with Crippen LogP contribution in [0.2, 0.25) is 0 Å². The number of rotatable bonds is 4. The zero-order valence-corrected chi connectivity index (χ0v) is 11.2. The first kappa shape index (κ1) is 12.6. The minimum atomic E-state index is 0.0196. The maximum Gasteiger partial charge on any atom is 0.241 e. The molecule has 0 aromatic carbocycles. The third-order valence-electron chi connectivity index (χ3n) is 2.89. The summed E-state index contributed by atoms with van der Waals surface area (Å²) >= 11 is 3.30. The highest BCUT2D eigenvalue weighted by Gasteiger charge is 2.13. The molecule has 1 fully saturated rings. The Labute approximate surface area is 109 Å². The molecule has 0 spiro atoms. The highest BCUT2D eigenvalue weighted by molar-refractivity contribution is 9.10. The highest BCUT2D eigenvalue weighted by atomic mass is 79.9. The quantitative estimate of drug-likeness (QED) is 0.863. The molecular weight excluding hydrogens is 284 g/mol. The number of nitrogens with zero attached hydrogens (tertiary/aromatic N) is 2. The van der Waals surface area contributed by atoms with Gasteiger partial charge in [-0.3, -0.25) is 9.48 Å². The Morgan fingerprint density at radius 3 is 3.24 bits per heavy atom. The zero-order valence-electron chi connectivity index (χ0n) is 9.66. The number of hydrogen-bond acceptors (Lipinski definition) is 3. The lowest BCUT2D eigenvalue weighted by molar-refractivity contribution is -0.122. The van der Waals surface area contributed by atoms with Gasteiger partial charge in [0.2, 0.25) is 5.91 Å². The fourth-order valence-corrected chi connectivity index (χ4v) is 2.31. The third kappa shape index (κ3) is 4.12. The van der Waals surface area contributed by atoms with Crippen molar-refractivity contribution in [2.75, 3.05) is 19.6 Å². The summed E-state index contributed by atoms with van der Waals surface area (Å²) in [5.41, 5.74) is 0. The molecule has 1 aromatic rings. The van der Waals surface area contributed by atoms with E-state index in [2.05, 4.69) is 31.7 Å². The van der Waals surface area contributed by atoms with Crippen molar-refractivity contribution in [2.45, 2.75) is 19.4 Å². The molecule has 1 saturated heterocycles. The summed E-state index contributed by atoms with van der Waals surface area (Å²) in [5.74, 6) is 0.586. The van der Waals surface area contributed by atoms with E-state index in [9.17, 15) is 4.79 Å². The molecule has 0 saturated carbocycles. The lowest BCUT2D eigenvalue weighted by atomic mass is 10.00. The Kier molecular flexibility index (Phi) is 4.56. The molecule has 6 heteroatoms. The molecule has 1 aliphatic heterocycles. The average Bonchev–Trinajstić information content (AvgIpc) is 2.73. The van der Waals surface area contributed by atoms with Crippen molar-refractivity contribution in [1.82, 2.24) is 20.4 Å². The van der Waals surface area contributed by atoms with E-state index in [0.29, 0.717) is 5.92 Å². The van der Waals surface area contributed by atoms with Crippen molar-refractivity contribution in [2.24, 2.45) is 5.92 Å². The van der Waals surface area contributed by atoms with Crippen LogP contribution < -0.4 is 10.6 Å². The number of halogens is 1. The molecule has 1 amide bonds. The molecule has 94 valence electrons. The largest absolute Gasteiger partial charge is 0.354 e. The minimum Gasteiger partial charge on any atom is -0.354 e. The minimum absolute atomic E-state index is 0.0196. The van der Waals surface area contributed by atoms with Gasteiger partial charge in [-0.25, -0.2) is 0 Å². The topological polar surface area (TPSA) is 59.0 Å². The van der Waals surface area contributed by atoms with Crippen LogP contribution >= 0.6 is 15.9 Å². The van der Waals surface area contributed by atoms with E-state index in [0.717, 1.165) is 24.1 Å². The van der Waals surface area contributed by atoms with E-state index in [4.69, 9.17) is 0 Å². The summed E-state index contributed by atoms with van der Waals surface area (Å²) in [7, 11) is 0. The molecule has 2 rings (SSSR count). The van der Waals surface area contributed by atoms with Gasteiger partial charge in [-0.05, 0) is 47.8 Å². The first-order valence-corrected chi connectivity index (χ1v) is 6.69. The van der Waals surface area contributed by atoms with Gasteiger partial charge in [0.25, 0.3) is 0 Å². The SMILES string of the molecule is O=C(Cn1cc(Br)cn1)NCC1CCCNC1. The second kappa shape index (κ2) is 6.16. The summed E-state index contributed by atoms with van der Waals surface area (Å²) in [5, 5.41) is 10.3. The maximum absolute atomic E-state index is 11.7. The van der Waals surface area contributed by atoms with E-state index >= 15 is 0 Å². The third-order valence-corrected chi connectivity index (χ3v) is 3.30. The van der Waals surface area contributed by atoms with Crippen LogP contribution in [0.3, 0.4) is 0 Å². The first-order valence-electron chi connectivity index (χ1n) is 5.89. The second-order valence-electron chi connectivity index (χ2n) is 4.37. The van der Waals surface area contributed by atoms with Crippen LogP contribution in [0, 0.1) is 5.92 Å². The number of piperidine rings is 1. The average molecular weight is 301 g/mol. The van der Waals surface area contributed by atoms with Crippen molar-refractivity contribution < 1.29 is 4.79 Å². The molecule has 0 bridgehead atoms. The monoisotopic (exact) mass is 300 g/mol. The van der Waals surface area contributed by atoms with E-state index < -0.39 is 0 Å². The number of aromatic nitrogens is 2. The van der Waals surface area contributed by atoms with Crippen LogP contribution in [-0.2, 0) is 11.3 Å². The molecule has 2 N–H and O–H groups in total. The van der Waals surface area contributed by atoms with Gasteiger partial charge in [0.05, 0.1) is 10.7 Å². The van der Waals surface area contributed by atoms with E-state index in [-0.39, 0.29) is 12.5 Å². The van der Waals surface area contributed by atoms with Crippen LogP contribution in [0.15, 0.2) is 16.9 Å². The molecule has 1 aliphatic rings. The number of amides is 1. The molecule has 5 nitrogen and oxygen atoms in total. The predicted octanol–water partition coefficient (Wildman–Crippen LogP) is 0.761. The Bertz CT molecular complexity index is 373. The lowest BCUT2D eigenvalue weighted by Crippen LogP contribution is -2.39. The smallest absolute Gasteiger partial charge is 0.241 e. The molecule has 1 atom stereocenters. The van der Waals surface area contributed by atoms with Crippen LogP contribution in [0.1, 0.15) is 12.8 Å². The van der Waals surface area contributed by atoms with Crippen LogP contribution in [-0.4, -0.2) is 35.3 Å². The van der Waals surface area contributed by atoms with Crippen molar-refractivity contribution >= 4 is 21.8 Å². The van der Waals surface area contributed by atoms with Crippen LogP contribution in [0.25, 0.3) is 0 Å². The molecule has 1 unspecified atom stereocenters. The Hall–Kier alpha value is -0.880. The number of carbonyl (C=O) groups excluding carboxylic acids is 1.